The van der Waals surface area contributed by atoms with Gasteiger partial charge in [0.15, 0.2) is 0 Å². The molecule has 1 saturated heterocycles. The van der Waals surface area contributed by atoms with E-state index >= 15 is 0 Å². The summed E-state index contributed by atoms with van der Waals surface area (Å²) in [5, 5.41) is 3.37. The van der Waals surface area contributed by atoms with Gasteiger partial charge in [-0.25, -0.2) is 4.98 Å². The number of nitrogens with zero attached hydrogens (tertiary/aromatic N) is 2. The summed E-state index contributed by atoms with van der Waals surface area (Å²) in [4.78, 5) is 4.65. The monoisotopic (exact) mass is 265 g/mol. The largest absolute Gasteiger partial charge is 0.316 e. The van der Waals surface area contributed by atoms with E-state index in [-0.39, 0.29) is 0 Å². The van der Waals surface area contributed by atoms with Crippen molar-refractivity contribution in [2.24, 2.45) is 0 Å². The van der Waals surface area contributed by atoms with Crippen molar-refractivity contribution in [3.05, 3.63) is 34.7 Å². The van der Waals surface area contributed by atoms with E-state index in [1.165, 1.54) is 12.1 Å². The van der Waals surface area contributed by atoms with Gasteiger partial charge in [0.2, 0.25) is 0 Å². The van der Waals surface area contributed by atoms with Gasteiger partial charge in [-0.15, -0.1) is 0 Å². The summed E-state index contributed by atoms with van der Waals surface area (Å²) >= 11 is 3.46. The van der Waals surface area contributed by atoms with Gasteiger partial charge in [0.25, 0.3) is 0 Å². The molecule has 15 heavy (non-hydrogen) atoms. The molecule has 1 fully saturated rings. The van der Waals surface area contributed by atoms with Gasteiger partial charge >= 0.3 is 0 Å². The number of pyridine rings is 1. The Bertz CT molecular complexity index is 486. The molecule has 1 unspecified atom stereocenters. The molecule has 1 aliphatic rings. The Morgan fingerprint density at radius 3 is 3.27 bits per heavy atom. The third kappa shape index (κ3) is 1.68. The van der Waals surface area contributed by atoms with Gasteiger partial charge in [-0.3, -0.25) is 0 Å². The third-order valence-electron chi connectivity index (χ3n) is 2.92. The molecule has 0 aliphatic carbocycles. The van der Waals surface area contributed by atoms with E-state index in [1.54, 1.807) is 0 Å². The van der Waals surface area contributed by atoms with Crippen LogP contribution in [0, 0.1) is 0 Å². The number of halogens is 1. The van der Waals surface area contributed by atoms with E-state index in [4.69, 9.17) is 0 Å². The molecule has 4 heteroatoms. The van der Waals surface area contributed by atoms with E-state index < -0.39 is 0 Å². The highest BCUT2D eigenvalue weighted by atomic mass is 79.9. The van der Waals surface area contributed by atoms with E-state index in [2.05, 4.69) is 36.8 Å². The van der Waals surface area contributed by atoms with E-state index in [0.717, 1.165) is 23.2 Å². The fraction of sp³-hybridized carbons (Fsp3) is 0.364. The van der Waals surface area contributed by atoms with Gasteiger partial charge in [-0.2, -0.15) is 0 Å². The minimum Gasteiger partial charge on any atom is -0.316 e. The molecule has 1 N–H and O–H groups in total. The topological polar surface area (TPSA) is 29.3 Å². The summed E-state index contributed by atoms with van der Waals surface area (Å²) in [7, 11) is 0. The average molecular weight is 266 g/mol. The molecule has 2 aromatic heterocycles. The van der Waals surface area contributed by atoms with Crippen LogP contribution in [-0.2, 0) is 0 Å². The Balaban J connectivity index is 2.05. The highest BCUT2D eigenvalue weighted by Gasteiger charge is 2.19. The van der Waals surface area contributed by atoms with E-state index in [1.807, 2.05) is 18.3 Å². The number of nitrogens with one attached hydrogen (secondary N) is 1. The summed E-state index contributed by atoms with van der Waals surface area (Å²) in [5.41, 5.74) is 2.23. The van der Waals surface area contributed by atoms with Crippen molar-refractivity contribution in [3.63, 3.8) is 0 Å². The molecule has 3 nitrogen and oxygen atoms in total. The highest BCUT2D eigenvalue weighted by Crippen LogP contribution is 2.22. The van der Waals surface area contributed by atoms with Gasteiger partial charge in [0, 0.05) is 29.3 Å². The van der Waals surface area contributed by atoms with Crippen LogP contribution in [0.5, 0.6) is 0 Å². The zero-order valence-electron chi connectivity index (χ0n) is 8.28. The van der Waals surface area contributed by atoms with Crippen LogP contribution in [0.4, 0.5) is 0 Å². The highest BCUT2D eigenvalue weighted by molar-refractivity contribution is 9.10. The molecule has 78 valence electrons. The van der Waals surface area contributed by atoms with Crippen LogP contribution in [0.2, 0.25) is 0 Å². The lowest BCUT2D eigenvalue weighted by molar-refractivity contribution is 0.742. The smallest absolute Gasteiger partial charge is 0.138 e. The molecule has 2 aromatic rings. The number of fused-ring (bicyclic) bond motifs is 1. The van der Waals surface area contributed by atoms with Gasteiger partial charge in [0.05, 0.1) is 5.69 Å². The molecule has 0 spiro atoms. The molecule has 0 radical (unpaired) electrons. The van der Waals surface area contributed by atoms with Crippen LogP contribution in [0.25, 0.3) is 5.65 Å². The standard InChI is InChI=1S/C11H12BrN3/c12-9-2-4-15-7-10(14-11(15)5-9)8-1-3-13-6-8/h2,4-5,7-8,13H,1,3,6H2. The molecule has 3 heterocycles. The molecule has 1 aliphatic heterocycles. The Labute approximate surface area is 96.6 Å². The van der Waals surface area contributed by atoms with Crippen LogP contribution in [0.1, 0.15) is 18.0 Å². The Hall–Kier alpha value is -0.870. The lowest BCUT2D eigenvalue weighted by atomic mass is 10.1. The zero-order valence-corrected chi connectivity index (χ0v) is 9.87. The Morgan fingerprint density at radius 1 is 1.53 bits per heavy atom. The number of imidazole rings is 1. The maximum Gasteiger partial charge on any atom is 0.138 e. The molecule has 3 rings (SSSR count). The van der Waals surface area contributed by atoms with Gasteiger partial charge in [-0.05, 0) is 25.1 Å². The first kappa shape index (κ1) is 9.36. The Kier molecular flexibility index (Phi) is 2.25. The summed E-state index contributed by atoms with van der Waals surface area (Å²) in [5.74, 6) is 0.587. The van der Waals surface area contributed by atoms with E-state index in [0.29, 0.717) is 5.92 Å². The number of hydrogen-bond acceptors (Lipinski definition) is 2. The van der Waals surface area contributed by atoms with Crippen molar-refractivity contribution in [3.8, 4) is 0 Å². The molecule has 1 atom stereocenters. The van der Waals surface area contributed by atoms with Crippen LogP contribution in [-0.4, -0.2) is 22.5 Å². The SMILES string of the molecule is Brc1ccn2cc(C3CCNC3)nc2c1. The first-order chi connectivity index (χ1) is 7.33. The van der Waals surface area contributed by atoms with Crippen LogP contribution < -0.4 is 5.32 Å². The number of rotatable bonds is 1. The lowest BCUT2D eigenvalue weighted by Gasteiger charge is -2.01. The summed E-state index contributed by atoms with van der Waals surface area (Å²) in [6.45, 7) is 2.17. The second-order valence-corrected chi connectivity index (χ2v) is 4.88. The van der Waals surface area contributed by atoms with Crippen LogP contribution in [0.3, 0.4) is 0 Å². The van der Waals surface area contributed by atoms with Crippen molar-refractivity contribution in [2.45, 2.75) is 12.3 Å². The Morgan fingerprint density at radius 2 is 2.47 bits per heavy atom. The van der Waals surface area contributed by atoms with E-state index in [9.17, 15) is 0 Å². The van der Waals surface area contributed by atoms with Crippen molar-refractivity contribution >= 4 is 21.6 Å². The second-order valence-electron chi connectivity index (χ2n) is 3.97. The van der Waals surface area contributed by atoms with Crippen LogP contribution in [0.15, 0.2) is 29.0 Å². The minimum atomic E-state index is 0.587. The fourth-order valence-electron chi connectivity index (χ4n) is 2.08. The predicted octanol–water partition coefficient (Wildman–Crippen LogP) is 2.17. The normalized spacial score (nSPS) is 21.3. The molecule has 0 saturated carbocycles. The lowest BCUT2D eigenvalue weighted by Crippen LogP contribution is -2.07. The van der Waals surface area contributed by atoms with Crippen molar-refractivity contribution < 1.29 is 0 Å². The van der Waals surface area contributed by atoms with Crippen molar-refractivity contribution in [2.75, 3.05) is 13.1 Å². The quantitative estimate of drug-likeness (QED) is 0.857. The van der Waals surface area contributed by atoms with Crippen molar-refractivity contribution in [1.29, 1.82) is 0 Å². The summed E-state index contributed by atoms with van der Waals surface area (Å²) in [6, 6.07) is 4.08. The first-order valence-electron chi connectivity index (χ1n) is 5.18. The average Bonchev–Trinajstić information content (AvgIpc) is 2.84. The number of aromatic nitrogens is 2. The fourth-order valence-corrected chi connectivity index (χ4v) is 2.40. The van der Waals surface area contributed by atoms with Gasteiger partial charge < -0.3 is 9.72 Å². The number of hydrogen-bond donors (Lipinski definition) is 1. The maximum atomic E-state index is 4.65. The molecular weight excluding hydrogens is 254 g/mol. The zero-order chi connectivity index (χ0) is 10.3. The molecule has 0 bridgehead atoms. The molecular formula is C11H12BrN3. The molecule has 0 amide bonds. The third-order valence-corrected chi connectivity index (χ3v) is 3.41. The summed E-state index contributed by atoms with van der Waals surface area (Å²) in [6.07, 6.45) is 5.38. The summed E-state index contributed by atoms with van der Waals surface area (Å²) < 4.78 is 3.16. The minimum absolute atomic E-state index is 0.587. The maximum absolute atomic E-state index is 4.65. The van der Waals surface area contributed by atoms with Gasteiger partial charge in [0.1, 0.15) is 5.65 Å². The first-order valence-corrected chi connectivity index (χ1v) is 5.97. The van der Waals surface area contributed by atoms with Gasteiger partial charge in [-0.1, -0.05) is 15.9 Å². The van der Waals surface area contributed by atoms with Crippen molar-refractivity contribution in [1.82, 2.24) is 14.7 Å². The van der Waals surface area contributed by atoms with Crippen LogP contribution >= 0.6 is 15.9 Å². The second kappa shape index (κ2) is 3.61. The molecule has 0 aromatic carbocycles. The predicted molar refractivity (Wildman–Crippen MR) is 63.1 cm³/mol.